The summed E-state index contributed by atoms with van der Waals surface area (Å²) >= 11 is 0. The molecular weight excluding hydrogens is 393 g/mol. The summed E-state index contributed by atoms with van der Waals surface area (Å²) < 4.78 is 21.2. The van der Waals surface area contributed by atoms with Gasteiger partial charge in [0.15, 0.2) is 0 Å². The van der Waals surface area contributed by atoms with Crippen molar-refractivity contribution in [1.82, 2.24) is 9.99 Å². The molecule has 2 heterocycles. The van der Waals surface area contributed by atoms with Gasteiger partial charge in [-0.05, 0) is 38.0 Å². The van der Waals surface area contributed by atoms with Crippen LogP contribution < -0.4 is 26.1 Å². The predicted molar refractivity (Wildman–Crippen MR) is 108 cm³/mol. The second kappa shape index (κ2) is 9.29. The molecule has 0 spiro atoms. The van der Waals surface area contributed by atoms with E-state index in [1.54, 1.807) is 30.1 Å². The third-order valence-corrected chi connectivity index (χ3v) is 4.85. The van der Waals surface area contributed by atoms with E-state index in [4.69, 9.17) is 10.5 Å². The van der Waals surface area contributed by atoms with Crippen molar-refractivity contribution in [2.75, 3.05) is 30.0 Å². The molecule has 0 aliphatic carbocycles. The second-order valence-electron chi connectivity index (χ2n) is 6.93. The van der Waals surface area contributed by atoms with E-state index in [-0.39, 0.29) is 23.3 Å². The highest BCUT2D eigenvalue weighted by molar-refractivity contribution is 5.91. The Morgan fingerprint density at radius 1 is 1.23 bits per heavy atom. The topological polar surface area (TPSA) is 119 Å². The summed E-state index contributed by atoms with van der Waals surface area (Å²) in [6.07, 6.45) is 4.65. The predicted octanol–water partition coefficient (Wildman–Crippen LogP) is 1.82. The van der Waals surface area contributed by atoms with Crippen molar-refractivity contribution in [3.63, 3.8) is 0 Å². The highest BCUT2D eigenvalue weighted by Gasteiger charge is 2.23. The average molecular weight is 417 g/mol. The fraction of sp³-hybridized carbons (Fsp3) is 0.350. The number of nitrogens with zero attached hydrogens (tertiary/aromatic N) is 2. The molecule has 0 radical (unpaired) electrons. The van der Waals surface area contributed by atoms with E-state index >= 15 is 0 Å². The van der Waals surface area contributed by atoms with Crippen LogP contribution in [0.1, 0.15) is 30.1 Å². The van der Waals surface area contributed by atoms with Crippen LogP contribution >= 0.6 is 0 Å². The largest absolute Gasteiger partial charge is 0.423 e. The molecule has 10 heteroatoms. The summed E-state index contributed by atoms with van der Waals surface area (Å²) in [7, 11) is 0. The van der Waals surface area contributed by atoms with Gasteiger partial charge >= 0.3 is 12.0 Å². The lowest BCUT2D eigenvalue weighted by Crippen LogP contribution is -2.43. The van der Waals surface area contributed by atoms with Crippen molar-refractivity contribution in [2.24, 2.45) is 11.7 Å². The molecule has 3 rings (SSSR count). The normalized spacial score (nSPS) is 14.3. The Morgan fingerprint density at radius 2 is 1.97 bits per heavy atom. The number of esters is 1. The molecule has 1 aromatic carbocycles. The smallest absolute Gasteiger partial charge is 0.345 e. The molecule has 9 nitrogen and oxygen atoms in total. The standard InChI is InChI=1S/C20H24FN5O4/c1-2-23-20(29)24-17-4-3-15(11-16(17)21)30-19(28)14-7-10-26(12-14)25-8-5-13(6-9-25)18(22)27/h3-4,7,10-13H,2,5-6,8-9H2,1H3,(H2,22,27)(H2,23,24,29). The van der Waals surface area contributed by atoms with Crippen molar-refractivity contribution in [3.05, 3.63) is 48.0 Å². The Balaban J connectivity index is 1.60. The van der Waals surface area contributed by atoms with Crippen LogP contribution in [0, 0.1) is 11.7 Å². The van der Waals surface area contributed by atoms with Gasteiger partial charge in [-0.3, -0.25) is 9.47 Å². The number of rotatable bonds is 6. The van der Waals surface area contributed by atoms with Gasteiger partial charge in [-0.25, -0.2) is 14.0 Å². The fourth-order valence-corrected chi connectivity index (χ4v) is 3.22. The van der Waals surface area contributed by atoms with E-state index in [1.807, 2.05) is 5.01 Å². The molecule has 0 bridgehead atoms. The van der Waals surface area contributed by atoms with E-state index in [1.165, 1.54) is 12.1 Å². The minimum absolute atomic E-state index is 0.0220. The van der Waals surface area contributed by atoms with Gasteiger partial charge in [-0.15, -0.1) is 0 Å². The number of anilines is 1. The van der Waals surface area contributed by atoms with Gasteiger partial charge in [-0.1, -0.05) is 0 Å². The summed E-state index contributed by atoms with van der Waals surface area (Å²) in [6, 6.07) is 4.83. The van der Waals surface area contributed by atoms with Crippen molar-refractivity contribution >= 4 is 23.6 Å². The van der Waals surface area contributed by atoms with Crippen molar-refractivity contribution < 1.29 is 23.5 Å². The molecule has 1 aromatic heterocycles. The number of carbonyl (C=O) groups is 3. The molecule has 1 saturated heterocycles. The molecule has 4 N–H and O–H groups in total. The molecule has 0 atom stereocenters. The van der Waals surface area contributed by atoms with Gasteiger partial charge in [-0.2, -0.15) is 0 Å². The molecule has 0 unspecified atom stereocenters. The van der Waals surface area contributed by atoms with Crippen LogP contribution in [0.25, 0.3) is 0 Å². The van der Waals surface area contributed by atoms with E-state index in [2.05, 4.69) is 10.6 Å². The Morgan fingerprint density at radius 3 is 2.60 bits per heavy atom. The van der Waals surface area contributed by atoms with Gasteiger partial charge in [0.05, 0.1) is 11.3 Å². The maximum atomic E-state index is 14.2. The van der Waals surface area contributed by atoms with E-state index in [0.29, 0.717) is 38.0 Å². The molecule has 1 fully saturated rings. The van der Waals surface area contributed by atoms with Crippen LogP contribution in [0.15, 0.2) is 36.7 Å². The van der Waals surface area contributed by atoms with Crippen LogP contribution in [-0.2, 0) is 4.79 Å². The number of urea groups is 1. The monoisotopic (exact) mass is 417 g/mol. The number of nitrogens with one attached hydrogen (secondary N) is 2. The zero-order valence-electron chi connectivity index (χ0n) is 16.6. The number of hydrogen-bond acceptors (Lipinski definition) is 5. The molecule has 1 aliphatic heterocycles. The Bertz CT molecular complexity index is 937. The lowest BCUT2D eigenvalue weighted by atomic mass is 9.97. The van der Waals surface area contributed by atoms with E-state index in [0.717, 1.165) is 6.07 Å². The maximum Gasteiger partial charge on any atom is 0.345 e. The third-order valence-electron chi connectivity index (χ3n) is 4.85. The Labute approximate surface area is 172 Å². The molecule has 2 aromatic rings. The third kappa shape index (κ3) is 5.07. The first-order chi connectivity index (χ1) is 14.4. The Kier molecular flexibility index (Phi) is 6.55. The number of halogens is 1. The maximum absolute atomic E-state index is 14.2. The van der Waals surface area contributed by atoms with Gasteiger partial charge in [0.2, 0.25) is 5.91 Å². The Hall–Kier alpha value is -3.56. The minimum atomic E-state index is -0.721. The zero-order chi connectivity index (χ0) is 21.7. The molecule has 3 amide bonds. The second-order valence-corrected chi connectivity index (χ2v) is 6.93. The summed E-state index contributed by atoms with van der Waals surface area (Å²) in [4.78, 5) is 35.2. The summed E-state index contributed by atoms with van der Waals surface area (Å²) in [6.45, 7) is 3.44. The number of hydrogen-bond donors (Lipinski definition) is 3. The molecule has 30 heavy (non-hydrogen) atoms. The quantitative estimate of drug-likeness (QED) is 0.489. The minimum Gasteiger partial charge on any atom is -0.423 e. The first-order valence-corrected chi connectivity index (χ1v) is 9.66. The lowest BCUT2D eigenvalue weighted by molar-refractivity contribution is -0.122. The van der Waals surface area contributed by atoms with Gasteiger partial charge in [0, 0.05) is 44.0 Å². The van der Waals surface area contributed by atoms with Crippen molar-refractivity contribution in [3.8, 4) is 5.75 Å². The number of piperidine rings is 1. The SMILES string of the molecule is CCNC(=O)Nc1ccc(OC(=O)c2ccn(N3CCC(C(N)=O)CC3)c2)cc1F. The highest BCUT2D eigenvalue weighted by Crippen LogP contribution is 2.22. The number of aromatic nitrogens is 1. The average Bonchev–Trinajstić information content (AvgIpc) is 3.21. The first-order valence-electron chi connectivity index (χ1n) is 9.66. The summed E-state index contributed by atoms with van der Waals surface area (Å²) in [5, 5.41) is 6.86. The van der Waals surface area contributed by atoms with Gasteiger partial charge < -0.3 is 26.1 Å². The number of primary amides is 1. The van der Waals surface area contributed by atoms with Crippen molar-refractivity contribution in [1.29, 1.82) is 0 Å². The molecular formula is C20H24FN5O4. The van der Waals surface area contributed by atoms with Crippen LogP contribution in [-0.4, -0.2) is 42.2 Å². The number of ether oxygens (including phenoxy) is 1. The lowest BCUT2D eigenvalue weighted by Gasteiger charge is -2.32. The number of amides is 3. The van der Waals surface area contributed by atoms with E-state index < -0.39 is 17.8 Å². The zero-order valence-corrected chi connectivity index (χ0v) is 16.6. The first kappa shape index (κ1) is 21.2. The van der Waals surface area contributed by atoms with Gasteiger partial charge in [0.1, 0.15) is 11.6 Å². The van der Waals surface area contributed by atoms with Crippen LogP contribution in [0.3, 0.4) is 0 Å². The van der Waals surface area contributed by atoms with Crippen LogP contribution in [0.2, 0.25) is 0 Å². The molecule has 1 aliphatic rings. The highest BCUT2D eigenvalue weighted by atomic mass is 19.1. The van der Waals surface area contributed by atoms with Crippen LogP contribution in [0.5, 0.6) is 5.75 Å². The van der Waals surface area contributed by atoms with E-state index in [9.17, 15) is 18.8 Å². The van der Waals surface area contributed by atoms with Crippen LogP contribution in [0.4, 0.5) is 14.9 Å². The summed E-state index contributed by atoms with van der Waals surface area (Å²) in [5.74, 6) is -1.74. The number of benzene rings is 1. The summed E-state index contributed by atoms with van der Waals surface area (Å²) in [5.41, 5.74) is 5.63. The molecule has 0 saturated carbocycles. The number of nitrogens with two attached hydrogens (primary N) is 1. The molecule has 160 valence electrons. The van der Waals surface area contributed by atoms with Crippen molar-refractivity contribution in [2.45, 2.75) is 19.8 Å². The fourth-order valence-electron chi connectivity index (χ4n) is 3.22. The van der Waals surface area contributed by atoms with Gasteiger partial charge in [0.25, 0.3) is 0 Å². The number of carbonyl (C=O) groups excluding carboxylic acids is 3.